The van der Waals surface area contributed by atoms with Crippen molar-refractivity contribution in [3.63, 3.8) is 0 Å². The van der Waals surface area contributed by atoms with Gasteiger partial charge in [0.05, 0.1) is 12.8 Å². The van der Waals surface area contributed by atoms with Crippen molar-refractivity contribution in [3.8, 4) is 0 Å². The van der Waals surface area contributed by atoms with Crippen LogP contribution in [0, 0.1) is 0 Å². The van der Waals surface area contributed by atoms with E-state index in [1.54, 1.807) is 17.5 Å². The first kappa shape index (κ1) is 10.2. The molecule has 1 rings (SSSR count). The number of rotatable bonds is 4. The van der Waals surface area contributed by atoms with Crippen molar-refractivity contribution >= 4 is 23.3 Å². The predicted octanol–water partition coefficient (Wildman–Crippen LogP) is 2.23. The molecule has 0 fully saturated rings. The van der Waals surface area contributed by atoms with Gasteiger partial charge in [-0.15, -0.1) is 0 Å². The summed E-state index contributed by atoms with van der Waals surface area (Å²) in [6.07, 6.45) is 0.791. The lowest BCUT2D eigenvalue weighted by atomic mass is 10.1. The fourth-order valence-electron chi connectivity index (χ4n) is 1.18. The second kappa shape index (κ2) is 4.94. The zero-order chi connectivity index (χ0) is 9.68. The second-order valence-corrected chi connectivity index (χ2v) is 3.01. The van der Waals surface area contributed by atoms with Crippen molar-refractivity contribution in [2.75, 3.05) is 19.2 Å². The lowest BCUT2D eigenvalue weighted by molar-refractivity contribution is 0.184. The van der Waals surface area contributed by atoms with E-state index in [0.717, 1.165) is 12.1 Å². The number of benzene rings is 1. The molecule has 0 radical (unpaired) electrons. The van der Waals surface area contributed by atoms with E-state index < -0.39 is 0 Å². The highest BCUT2D eigenvalue weighted by Crippen LogP contribution is 2.18. The Morgan fingerprint density at radius 3 is 2.77 bits per heavy atom. The summed E-state index contributed by atoms with van der Waals surface area (Å²) in [7, 11) is 3.52. The molecule has 0 unspecified atom stereocenters. The van der Waals surface area contributed by atoms with E-state index in [1.165, 1.54) is 5.56 Å². The molecule has 0 atom stereocenters. The molecule has 70 valence electrons. The van der Waals surface area contributed by atoms with Crippen LogP contribution >= 0.6 is 12.2 Å². The molecule has 0 aliphatic heterocycles. The normalized spacial score (nSPS) is 9.69. The Morgan fingerprint density at radius 1 is 1.46 bits per heavy atom. The van der Waals surface area contributed by atoms with Gasteiger partial charge in [-0.25, -0.2) is 0 Å². The summed E-state index contributed by atoms with van der Waals surface area (Å²) in [5.74, 6) is 0. The van der Waals surface area contributed by atoms with E-state index in [4.69, 9.17) is 17.1 Å². The van der Waals surface area contributed by atoms with Crippen LogP contribution in [0.25, 0.3) is 0 Å². The van der Waals surface area contributed by atoms with Crippen LogP contribution in [0.4, 0.5) is 5.69 Å². The maximum absolute atomic E-state index is 5.11. The third kappa shape index (κ3) is 2.50. The van der Waals surface area contributed by atoms with Crippen LogP contribution in [0.1, 0.15) is 5.56 Å². The van der Waals surface area contributed by atoms with Gasteiger partial charge in [-0.1, -0.05) is 30.4 Å². The molecule has 0 saturated carbocycles. The summed E-state index contributed by atoms with van der Waals surface area (Å²) in [5.41, 5.74) is 2.24. The summed E-state index contributed by atoms with van der Waals surface area (Å²) >= 11 is 4.83. The van der Waals surface area contributed by atoms with E-state index >= 15 is 0 Å². The van der Waals surface area contributed by atoms with Crippen LogP contribution in [0.15, 0.2) is 24.3 Å². The first-order valence-corrected chi connectivity index (χ1v) is 4.56. The van der Waals surface area contributed by atoms with Crippen molar-refractivity contribution in [3.05, 3.63) is 29.8 Å². The van der Waals surface area contributed by atoms with Crippen molar-refractivity contribution < 1.29 is 4.84 Å². The van der Waals surface area contributed by atoms with Crippen molar-refractivity contribution in [1.82, 2.24) is 0 Å². The molecule has 0 aliphatic rings. The zero-order valence-corrected chi connectivity index (χ0v) is 8.67. The molecule has 0 aliphatic carbocycles. The van der Waals surface area contributed by atoms with Gasteiger partial charge in [0.15, 0.2) is 0 Å². The van der Waals surface area contributed by atoms with Crippen molar-refractivity contribution in [2.24, 2.45) is 0 Å². The molecule has 0 heterocycles. The molecule has 2 nitrogen and oxygen atoms in total. The van der Waals surface area contributed by atoms with E-state index in [0.29, 0.717) is 0 Å². The number of thiocarbonyl (C=S) groups is 1. The third-order valence-corrected chi connectivity index (χ3v) is 2.07. The molecule has 0 amide bonds. The molecule has 1 aromatic carbocycles. The van der Waals surface area contributed by atoms with Gasteiger partial charge in [-0.2, -0.15) is 0 Å². The Hall–Kier alpha value is -0.930. The van der Waals surface area contributed by atoms with Crippen LogP contribution in [-0.2, 0) is 11.3 Å². The van der Waals surface area contributed by atoms with E-state index in [2.05, 4.69) is 0 Å². The maximum Gasteiger partial charge on any atom is 0.0668 e. The van der Waals surface area contributed by atoms with Crippen LogP contribution in [0.3, 0.4) is 0 Å². The van der Waals surface area contributed by atoms with Crippen LogP contribution < -0.4 is 5.06 Å². The number of hydroxylamine groups is 1. The molecule has 0 N–H and O–H groups in total. The average Bonchev–Trinajstić information content (AvgIpc) is 2.18. The summed E-state index contributed by atoms with van der Waals surface area (Å²) in [4.78, 5) is 5.11. The number of hydrogen-bond acceptors (Lipinski definition) is 3. The van der Waals surface area contributed by atoms with Gasteiger partial charge < -0.3 is 0 Å². The van der Waals surface area contributed by atoms with Crippen molar-refractivity contribution in [2.45, 2.75) is 6.42 Å². The monoisotopic (exact) mass is 195 g/mol. The number of nitrogens with zero attached hydrogens (tertiary/aromatic N) is 1. The standard InChI is InChI=1S/C10H13NOS/c1-11(12-2)10-6-4-3-5-9(10)7-8-13/h3-6,8H,7H2,1-2H3. The molecule has 0 bridgehead atoms. The molecule has 3 heteroatoms. The van der Waals surface area contributed by atoms with Crippen LogP contribution in [-0.4, -0.2) is 19.5 Å². The summed E-state index contributed by atoms with van der Waals surface area (Å²) in [6, 6.07) is 8.05. The minimum absolute atomic E-state index is 0.791. The van der Waals surface area contributed by atoms with Gasteiger partial charge in [0, 0.05) is 13.5 Å². The fraction of sp³-hybridized carbons (Fsp3) is 0.300. The Morgan fingerprint density at radius 2 is 2.15 bits per heavy atom. The molecular weight excluding hydrogens is 182 g/mol. The topological polar surface area (TPSA) is 12.5 Å². The summed E-state index contributed by atoms with van der Waals surface area (Å²) in [5, 5.41) is 3.45. The summed E-state index contributed by atoms with van der Waals surface area (Å²) < 4.78 is 0. The van der Waals surface area contributed by atoms with Gasteiger partial charge in [0.2, 0.25) is 0 Å². The molecule has 0 aromatic heterocycles. The van der Waals surface area contributed by atoms with Crippen LogP contribution in [0.2, 0.25) is 0 Å². The van der Waals surface area contributed by atoms with E-state index in [-0.39, 0.29) is 0 Å². The minimum Gasteiger partial charge on any atom is -0.277 e. The van der Waals surface area contributed by atoms with Gasteiger partial charge in [0.25, 0.3) is 0 Å². The molecular formula is C10H13NOS. The Bertz CT molecular complexity index is 288. The summed E-state index contributed by atoms with van der Waals surface area (Å²) in [6.45, 7) is 0. The highest BCUT2D eigenvalue weighted by Gasteiger charge is 2.03. The smallest absolute Gasteiger partial charge is 0.0668 e. The lowest BCUT2D eigenvalue weighted by Crippen LogP contribution is -2.16. The minimum atomic E-state index is 0.791. The van der Waals surface area contributed by atoms with Gasteiger partial charge >= 0.3 is 0 Å². The largest absolute Gasteiger partial charge is 0.277 e. The molecule has 0 spiro atoms. The van der Waals surface area contributed by atoms with Crippen molar-refractivity contribution in [1.29, 1.82) is 0 Å². The zero-order valence-electron chi connectivity index (χ0n) is 7.86. The molecule has 0 saturated heterocycles. The first-order chi connectivity index (χ1) is 6.29. The van der Waals surface area contributed by atoms with Gasteiger partial charge in [0.1, 0.15) is 0 Å². The SMILES string of the molecule is CON(C)c1ccccc1CC=S. The molecule has 1 aromatic rings. The Kier molecular flexibility index (Phi) is 3.86. The van der Waals surface area contributed by atoms with Gasteiger partial charge in [-0.05, 0) is 17.0 Å². The average molecular weight is 195 g/mol. The number of para-hydroxylation sites is 1. The highest BCUT2D eigenvalue weighted by atomic mass is 32.1. The van der Waals surface area contributed by atoms with E-state index in [1.807, 2.05) is 31.3 Å². The predicted molar refractivity (Wildman–Crippen MR) is 59.2 cm³/mol. The van der Waals surface area contributed by atoms with E-state index in [9.17, 15) is 0 Å². The highest BCUT2D eigenvalue weighted by molar-refractivity contribution is 7.78. The number of hydrogen-bond donors (Lipinski definition) is 0. The lowest BCUT2D eigenvalue weighted by Gasteiger charge is -2.18. The second-order valence-electron chi connectivity index (χ2n) is 2.68. The Balaban J connectivity index is 2.96. The first-order valence-electron chi connectivity index (χ1n) is 4.09. The fourth-order valence-corrected chi connectivity index (χ4v) is 1.36. The van der Waals surface area contributed by atoms with Crippen LogP contribution in [0.5, 0.6) is 0 Å². The molecule has 13 heavy (non-hydrogen) atoms. The van der Waals surface area contributed by atoms with Gasteiger partial charge in [-0.3, -0.25) is 9.90 Å². The number of anilines is 1. The third-order valence-electron chi connectivity index (χ3n) is 1.91. The quantitative estimate of drug-likeness (QED) is 0.540. The Labute approximate surface area is 84.1 Å². The maximum atomic E-state index is 5.11.